The number of halogens is 1. The van der Waals surface area contributed by atoms with Crippen molar-refractivity contribution in [1.29, 1.82) is 0 Å². The predicted molar refractivity (Wildman–Crippen MR) is 60.9 cm³/mol. The fraction of sp³-hybridized carbons (Fsp3) is 0.400. The fourth-order valence-corrected chi connectivity index (χ4v) is 1.40. The summed E-state index contributed by atoms with van der Waals surface area (Å²) < 4.78 is 10.7. The Kier molecular flexibility index (Phi) is 5.21. The lowest BCUT2D eigenvalue weighted by Crippen LogP contribution is -2.07. The number of hydrogen-bond donors (Lipinski definition) is 1. The highest BCUT2D eigenvalue weighted by atomic mass is 79.9. The van der Waals surface area contributed by atoms with Gasteiger partial charge in [0.15, 0.2) is 0 Å². The fourth-order valence-electron chi connectivity index (χ4n) is 1.07. The number of carbonyl (C=O) groups is 1. The summed E-state index contributed by atoms with van der Waals surface area (Å²) in [5, 5.41) is 8.93. The Hall–Kier alpha value is -1.14. The predicted octanol–water partition coefficient (Wildman–Crippen LogP) is 1.96. The second-order valence-corrected chi connectivity index (χ2v) is 3.92. The van der Waals surface area contributed by atoms with Gasteiger partial charge < -0.3 is 14.6 Å². The third-order valence-corrected chi connectivity index (χ3v) is 2.21. The van der Waals surface area contributed by atoms with Crippen LogP contribution in [0.3, 0.4) is 0 Å². The van der Waals surface area contributed by atoms with Gasteiger partial charge in [-0.1, -0.05) is 0 Å². The lowest BCUT2D eigenvalue weighted by atomic mass is 10.3. The minimum Gasteiger partial charge on any atom is -0.477 e. The normalized spacial score (nSPS) is 10.1. The monoisotopic (exact) mass is 289 g/mol. The molecule has 0 atom stereocenters. The van der Waals surface area contributed by atoms with Gasteiger partial charge in [0, 0.05) is 30.8 Å². The van der Waals surface area contributed by atoms with Gasteiger partial charge >= 0.3 is 5.97 Å². The molecule has 0 unspecified atom stereocenters. The summed E-state index contributed by atoms with van der Waals surface area (Å²) in [6.45, 7) is 0.946. The van der Waals surface area contributed by atoms with E-state index >= 15 is 0 Å². The molecule has 0 fully saturated rings. The quantitative estimate of drug-likeness (QED) is 0.811. The zero-order valence-electron chi connectivity index (χ0n) is 8.77. The number of methoxy groups -OCH3 is 1. The van der Waals surface area contributed by atoms with Crippen LogP contribution in [0.4, 0.5) is 0 Å². The highest BCUT2D eigenvalue weighted by Crippen LogP contribution is 2.20. The van der Waals surface area contributed by atoms with Crippen molar-refractivity contribution in [1.82, 2.24) is 4.98 Å². The third-order valence-electron chi connectivity index (χ3n) is 1.78. The molecule has 0 aliphatic heterocycles. The Balaban J connectivity index is 2.67. The van der Waals surface area contributed by atoms with E-state index in [1.807, 2.05) is 0 Å². The highest BCUT2D eigenvalue weighted by Gasteiger charge is 2.13. The molecule has 0 amide bonds. The molecule has 0 spiro atoms. The molecule has 1 heterocycles. The molecule has 0 bridgehead atoms. The molecule has 0 radical (unpaired) electrons. The van der Waals surface area contributed by atoms with Crippen molar-refractivity contribution in [3.05, 3.63) is 22.3 Å². The Labute approximate surface area is 102 Å². The number of pyridine rings is 1. The SMILES string of the molecule is COCCCOc1ncc(Br)cc1C(=O)O. The molecule has 1 rings (SSSR count). The van der Waals surface area contributed by atoms with Crippen molar-refractivity contribution < 1.29 is 19.4 Å². The molecule has 0 aromatic carbocycles. The zero-order valence-corrected chi connectivity index (χ0v) is 10.4. The average Bonchev–Trinajstić information content (AvgIpc) is 2.26. The Bertz CT molecular complexity index is 370. The third kappa shape index (κ3) is 3.79. The molecule has 0 aliphatic carbocycles. The van der Waals surface area contributed by atoms with E-state index in [0.29, 0.717) is 24.1 Å². The largest absolute Gasteiger partial charge is 0.477 e. The van der Waals surface area contributed by atoms with E-state index in [1.54, 1.807) is 7.11 Å². The molecule has 5 nitrogen and oxygen atoms in total. The summed E-state index contributed by atoms with van der Waals surface area (Å²) in [4.78, 5) is 14.8. The molecule has 0 saturated heterocycles. The standard InChI is InChI=1S/C10H12BrNO4/c1-15-3-2-4-16-9-8(10(13)14)5-7(11)6-12-9/h5-6H,2-4H2,1H3,(H,13,14). The topological polar surface area (TPSA) is 68.7 Å². The molecule has 1 aromatic rings. The minimum absolute atomic E-state index is 0.0480. The number of carboxylic acid groups (broad SMARTS) is 1. The number of ether oxygens (including phenoxy) is 2. The van der Waals surface area contributed by atoms with Gasteiger partial charge in [0.1, 0.15) is 5.56 Å². The molecule has 6 heteroatoms. The number of rotatable bonds is 6. The smallest absolute Gasteiger partial charge is 0.341 e. The lowest BCUT2D eigenvalue weighted by molar-refractivity contribution is 0.0690. The van der Waals surface area contributed by atoms with E-state index in [1.165, 1.54) is 12.3 Å². The average molecular weight is 290 g/mol. The first-order valence-corrected chi connectivity index (χ1v) is 5.45. The van der Waals surface area contributed by atoms with Crippen molar-refractivity contribution in [3.63, 3.8) is 0 Å². The van der Waals surface area contributed by atoms with Crippen molar-refractivity contribution >= 4 is 21.9 Å². The molecule has 1 aromatic heterocycles. The number of nitrogens with zero attached hydrogens (tertiary/aromatic N) is 1. The Morgan fingerprint density at radius 3 is 2.94 bits per heavy atom. The molecule has 0 saturated carbocycles. The van der Waals surface area contributed by atoms with Crippen LogP contribution in [0, 0.1) is 0 Å². The Morgan fingerprint density at radius 2 is 2.31 bits per heavy atom. The number of hydrogen-bond acceptors (Lipinski definition) is 4. The van der Waals surface area contributed by atoms with Crippen LogP contribution in [0.15, 0.2) is 16.7 Å². The summed E-state index contributed by atoms with van der Waals surface area (Å²) >= 11 is 3.16. The molecule has 1 N–H and O–H groups in total. The number of aromatic nitrogens is 1. The van der Waals surface area contributed by atoms with E-state index in [2.05, 4.69) is 20.9 Å². The van der Waals surface area contributed by atoms with Gasteiger partial charge in [0.25, 0.3) is 0 Å². The van der Waals surface area contributed by atoms with Crippen LogP contribution in [0.5, 0.6) is 5.88 Å². The summed E-state index contributed by atoms with van der Waals surface area (Å²) in [5.74, 6) is -0.928. The maximum atomic E-state index is 10.9. The van der Waals surface area contributed by atoms with Crippen LogP contribution in [0.1, 0.15) is 16.8 Å². The first-order valence-electron chi connectivity index (χ1n) is 4.65. The molecule has 88 valence electrons. The summed E-state index contributed by atoms with van der Waals surface area (Å²) in [6, 6.07) is 1.46. The van der Waals surface area contributed by atoms with Gasteiger partial charge in [0.2, 0.25) is 5.88 Å². The first kappa shape index (κ1) is 12.9. The van der Waals surface area contributed by atoms with Crippen molar-refractivity contribution in [2.24, 2.45) is 0 Å². The molecule has 0 aliphatic rings. The second-order valence-electron chi connectivity index (χ2n) is 3.01. The van der Waals surface area contributed by atoms with Crippen molar-refractivity contribution in [2.45, 2.75) is 6.42 Å². The van der Waals surface area contributed by atoms with Crippen LogP contribution in [0.2, 0.25) is 0 Å². The number of carboxylic acids is 1. The lowest BCUT2D eigenvalue weighted by Gasteiger charge is -2.07. The maximum Gasteiger partial charge on any atom is 0.341 e. The van der Waals surface area contributed by atoms with Crippen LogP contribution >= 0.6 is 15.9 Å². The maximum absolute atomic E-state index is 10.9. The second kappa shape index (κ2) is 6.44. The Morgan fingerprint density at radius 1 is 1.56 bits per heavy atom. The van der Waals surface area contributed by atoms with Crippen LogP contribution in [0.25, 0.3) is 0 Å². The van der Waals surface area contributed by atoms with Gasteiger partial charge in [-0.15, -0.1) is 0 Å². The molecule has 16 heavy (non-hydrogen) atoms. The van der Waals surface area contributed by atoms with Crippen LogP contribution in [-0.4, -0.2) is 36.4 Å². The van der Waals surface area contributed by atoms with Crippen molar-refractivity contribution in [2.75, 3.05) is 20.3 Å². The van der Waals surface area contributed by atoms with E-state index in [0.717, 1.165) is 0 Å². The molecular weight excluding hydrogens is 278 g/mol. The zero-order chi connectivity index (χ0) is 12.0. The summed E-state index contributed by atoms with van der Waals surface area (Å²) in [5.41, 5.74) is 0.0480. The van der Waals surface area contributed by atoms with Crippen LogP contribution < -0.4 is 4.74 Å². The highest BCUT2D eigenvalue weighted by molar-refractivity contribution is 9.10. The first-order chi connectivity index (χ1) is 7.65. The van der Waals surface area contributed by atoms with E-state index < -0.39 is 5.97 Å². The summed E-state index contributed by atoms with van der Waals surface area (Å²) in [7, 11) is 1.60. The minimum atomic E-state index is -1.06. The van der Waals surface area contributed by atoms with Gasteiger partial charge in [-0.05, 0) is 22.0 Å². The van der Waals surface area contributed by atoms with Crippen molar-refractivity contribution in [3.8, 4) is 5.88 Å². The van der Waals surface area contributed by atoms with E-state index in [-0.39, 0.29) is 11.4 Å². The van der Waals surface area contributed by atoms with Gasteiger partial charge in [-0.3, -0.25) is 0 Å². The van der Waals surface area contributed by atoms with Gasteiger partial charge in [-0.25, -0.2) is 9.78 Å². The number of aromatic carboxylic acids is 1. The van der Waals surface area contributed by atoms with Gasteiger partial charge in [0.05, 0.1) is 6.61 Å². The van der Waals surface area contributed by atoms with Gasteiger partial charge in [-0.2, -0.15) is 0 Å². The van der Waals surface area contributed by atoms with E-state index in [9.17, 15) is 4.79 Å². The molecular formula is C10H12BrNO4. The van der Waals surface area contributed by atoms with E-state index in [4.69, 9.17) is 14.6 Å². The van der Waals surface area contributed by atoms with Crippen LogP contribution in [-0.2, 0) is 4.74 Å². The summed E-state index contributed by atoms with van der Waals surface area (Å²) in [6.07, 6.45) is 2.19.